The van der Waals surface area contributed by atoms with Gasteiger partial charge in [-0.3, -0.25) is 29.3 Å². The third kappa shape index (κ3) is 5.77. The average Bonchev–Trinajstić information content (AvgIpc) is 3.21. The van der Waals surface area contributed by atoms with E-state index in [-0.39, 0.29) is 26.9 Å². The van der Waals surface area contributed by atoms with Gasteiger partial charge in [-0.25, -0.2) is 5.01 Å². The van der Waals surface area contributed by atoms with Gasteiger partial charge in [-0.05, 0) is 74.4 Å². The zero-order chi connectivity index (χ0) is 30.1. The molecule has 3 amide bonds. The molecule has 10 nitrogen and oxygen atoms in total. The second-order valence-electron chi connectivity index (χ2n) is 9.98. The van der Waals surface area contributed by atoms with Gasteiger partial charge in [0.1, 0.15) is 18.0 Å². The molecule has 2 aliphatic rings. The Morgan fingerprint density at radius 3 is 2.14 bits per heavy atom. The van der Waals surface area contributed by atoms with E-state index in [2.05, 4.69) is 0 Å². The van der Waals surface area contributed by atoms with Crippen molar-refractivity contribution >= 4 is 52.4 Å². The highest BCUT2D eigenvalue weighted by Gasteiger charge is 2.51. The standard InChI is InChI=1S/C30H23Cl2N3O7/c1-17-2-12-23-24(14-17)30(39)34(29(23)38)33(28(37)19-5-13-25(31)26(32)15-19)16-27(36)18-3-8-21(9-4-18)42-22-10-6-20(7-11-22)35(40)41/h2-11,13,15,23-24H,12,14,16H2,1H3/t23-,24+/m1/s1. The summed E-state index contributed by atoms with van der Waals surface area (Å²) in [5, 5.41) is 12.8. The number of nitro groups is 1. The summed E-state index contributed by atoms with van der Waals surface area (Å²) in [6, 6.07) is 15.6. The van der Waals surface area contributed by atoms with Crippen LogP contribution in [0.2, 0.25) is 10.0 Å². The average molecular weight is 608 g/mol. The molecule has 3 aromatic rings. The van der Waals surface area contributed by atoms with Crippen LogP contribution >= 0.6 is 23.2 Å². The molecule has 0 bridgehead atoms. The number of carbonyl (C=O) groups excluding carboxylic acids is 4. The lowest BCUT2D eigenvalue weighted by molar-refractivity contribution is -0.384. The Hall–Kier alpha value is -4.54. The Kier molecular flexibility index (Phi) is 8.11. The molecule has 1 aliphatic carbocycles. The number of ether oxygens (including phenoxy) is 1. The third-order valence-electron chi connectivity index (χ3n) is 7.20. The Labute approximate surface area is 250 Å². The lowest BCUT2D eigenvalue weighted by Gasteiger charge is -2.30. The number of ketones is 1. The third-order valence-corrected chi connectivity index (χ3v) is 7.93. The highest BCUT2D eigenvalue weighted by molar-refractivity contribution is 6.42. The molecule has 5 rings (SSSR count). The van der Waals surface area contributed by atoms with Crippen molar-refractivity contribution in [2.75, 3.05) is 6.54 Å². The molecule has 12 heteroatoms. The predicted octanol–water partition coefficient (Wildman–Crippen LogP) is 6.28. The number of halogens is 2. The van der Waals surface area contributed by atoms with Crippen molar-refractivity contribution in [1.82, 2.24) is 10.0 Å². The van der Waals surface area contributed by atoms with E-state index in [1.165, 1.54) is 66.7 Å². The van der Waals surface area contributed by atoms with Crippen LogP contribution in [-0.2, 0) is 9.59 Å². The van der Waals surface area contributed by atoms with E-state index in [1.807, 2.05) is 13.0 Å². The van der Waals surface area contributed by atoms with Gasteiger partial charge < -0.3 is 4.74 Å². The fourth-order valence-electron chi connectivity index (χ4n) is 4.98. The molecule has 1 heterocycles. The molecule has 0 aromatic heterocycles. The quantitative estimate of drug-likeness (QED) is 0.0969. The maximum Gasteiger partial charge on any atom is 0.273 e. The number of amides is 3. The first-order chi connectivity index (χ1) is 20.0. The molecule has 0 N–H and O–H groups in total. The van der Waals surface area contributed by atoms with Gasteiger partial charge in [-0.15, -0.1) is 0 Å². The number of imide groups is 1. The van der Waals surface area contributed by atoms with Gasteiger partial charge in [-0.1, -0.05) is 34.9 Å². The minimum atomic E-state index is -0.759. The number of Topliss-reactive ketones (excluding diaryl/α,β-unsaturated/α-hetero) is 1. The van der Waals surface area contributed by atoms with Crippen LogP contribution in [0.15, 0.2) is 78.4 Å². The van der Waals surface area contributed by atoms with Gasteiger partial charge in [0.15, 0.2) is 5.78 Å². The van der Waals surface area contributed by atoms with Crippen LogP contribution in [0, 0.1) is 22.0 Å². The van der Waals surface area contributed by atoms with Gasteiger partial charge in [0.25, 0.3) is 23.4 Å². The highest BCUT2D eigenvalue weighted by atomic mass is 35.5. The molecule has 2 atom stereocenters. The van der Waals surface area contributed by atoms with E-state index >= 15 is 0 Å². The minimum Gasteiger partial charge on any atom is -0.457 e. The van der Waals surface area contributed by atoms with Gasteiger partial charge in [-0.2, -0.15) is 5.01 Å². The summed E-state index contributed by atoms with van der Waals surface area (Å²) in [5.41, 5.74) is 1.15. The van der Waals surface area contributed by atoms with Crippen LogP contribution in [0.25, 0.3) is 0 Å². The highest BCUT2D eigenvalue weighted by Crippen LogP contribution is 2.39. The molecule has 214 valence electrons. The molecule has 0 spiro atoms. The molecule has 0 saturated carbocycles. The van der Waals surface area contributed by atoms with Crippen LogP contribution < -0.4 is 4.74 Å². The summed E-state index contributed by atoms with van der Waals surface area (Å²) in [6.45, 7) is 1.29. The molecule has 1 fully saturated rings. The smallest absolute Gasteiger partial charge is 0.273 e. The zero-order valence-electron chi connectivity index (χ0n) is 22.2. The van der Waals surface area contributed by atoms with Gasteiger partial charge in [0, 0.05) is 23.3 Å². The number of rotatable bonds is 8. The van der Waals surface area contributed by atoms with Crippen molar-refractivity contribution in [2.45, 2.75) is 19.8 Å². The Morgan fingerprint density at radius 2 is 1.52 bits per heavy atom. The van der Waals surface area contributed by atoms with Crippen molar-refractivity contribution in [3.8, 4) is 11.5 Å². The molecule has 42 heavy (non-hydrogen) atoms. The maximum absolute atomic E-state index is 13.7. The van der Waals surface area contributed by atoms with Crippen LogP contribution in [0.5, 0.6) is 11.5 Å². The number of nitro benzene ring substituents is 1. The Morgan fingerprint density at radius 1 is 0.929 bits per heavy atom. The molecular weight excluding hydrogens is 585 g/mol. The summed E-state index contributed by atoms with van der Waals surface area (Å²) < 4.78 is 5.69. The molecular formula is C30H23Cl2N3O7. The molecule has 0 unspecified atom stereocenters. The molecule has 0 radical (unpaired) electrons. The number of non-ortho nitro benzene ring substituents is 1. The van der Waals surface area contributed by atoms with E-state index in [0.717, 1.165) is 15.6 Å². The van der Waals surface area contributed by atoms with Crippen molar-refractivity contribution in [3.05, 3.63) is 110 Å². The van der Waals surface area contributed by atoms with Crippen molar-refractivity contribution in [3.63, 3.8) is 0 Å². The number of hydrogen-bond acceptors (Lipinski definition) is 7. The number of hydrogen-bond donors (Lipinski definition) is 0. The lowest BCUT2D eigenvalue weighted by Crippen LogP contribution is -2.52. The first-order valence-electron chi connectivity index (χ1n) is 12.9. The van der Waals surface area contributed by atoms with Gasteiger partial charge >= 0.3 is 0 Å². The normalized spacial score (nSPS) is 17.9. The molecule has 1 aliphatic heterocycles. The number of benzene rings is 3. The van der Waals surface area contributed by atoms with E-state index in [9.17, 15) is 29.3 Å². The zero-order valence-corrected chi connectivity index (χ0v) is 23.7. The molecule has 1 saturated heterocycles. The number of fused-ring (bicyclic) bond motifs is 1. The minimum absolute atomic E-state index is 0.0498. The Bertz CT molecular complexity index is 1640. The first-order valence-corrected chi connectivity index (χ1v) is 13.6. The van der Waals surface area contributed by atoms with Crippen LogP contribution in [0.4, 0.5) is 5.69 Å². The topological polar surface area (TPSA) is 127 Å². The van der Waals surface area contributed by atoms with Crippen molar-refractivity contribution in [2.24, 2.45) is 11.8 Å². The van der Waals surface area contributed by atoms with Gasteiger partial charge in [0.05, 0.1) is 26.8 Å². The van der Waals surface area contributed by atoms with E-state index in [0.29, 0.717) is 24.3 Å². The Balaban J connectivity index is 1.39. The fourth-order valence-corrected chi connectivity index (χ4v) is 5.28. The molecule has 3 aromatic carbocycles. The summed E-state index contributed by atoms with van der Waals surface area (Å²) in [5.74, 6) is -2.88. The maximum atomic E-state index is 13.7. The van der Waals surface area contributed by atoms with Crippen molar-refractivity contribution < 1.29 is 28.8 Å². The largest absolute Gasteiger partial charge is 0.457 e. The van der Waals surface area contributed by atoms with Gasteiger partial charge in [0.2, 0.25) is 0 Å². The first kappa shape index (κ1) is 29.0. The monoisotopic (exact) mass is 607 g/mol. The summed E-state index contributed by atoms with van der Waals surface area (Å²) in [6.07, 6.45) is 2.67. The van der Waals surface area contributed by atoms with Crippen LogP contribution in [0.1, 0.15) is 40.5 Å². The second-order valence-corrected chi connectivity index (χ2v) is 10.8. The van der Waals surface area contributed by atoms with E-state index in [1.54, 1.807) is 0 Å². The van der Waals surface area contributed by atoms with Crippen LogP contribution in [0.3, 0.4) is 0 Å². The fraction of sp³-hybridized carbons (Fsp3) is 0.200. The van der Waals surface area contributed by atoms with Crippen LogP contribution in [-0.4, -0.2) is 45.0 Å². The second kappa shape index (κ2) is 11.8. The van der Waals surface area contributed by atoms with E-state index in [4.69, 9.17) is 27.9 Å². The number of hydrazine groups is 1. The number of nitrogens with zero attached hydrogens (tertiary/aromatic N) is 3. The SMILES string of the molecule is CC1=CC[C@H]2C(=O)N(N(CC(=O)c3ccc(Oc4ccc([N+](=O)[O-])cc4)cc3)C(=O)c3ccc(Cl)c(Cl)c3)C(=O)[C@H]2C1. The number of allylic oxidation sites excluding steroid dienone is 2. The summed E-state index contributed by atoms with van der Waals surface area (Å²) in [4.78, 5) is 64.3. The van der Waals surface area contributed by atoms with E-state index < -0.39 is 46.8 Å². The summed E-state index contributed by atoms with van der Waals surface area (Å²) >= 11 is 12.1. The number of carbonyl (C=O) groups is 4. The lowest BCUT2D eigenvalue weighted by atomic mass is 9.82. The summed E-state index contributed by atoms with van der Waals surface area (Å²) in [7, 11) is 0. The predicted molar refractivity (Wildman–Crippen MR) is 153 cm³/mol. The van der Waals surface area contributed by atoms with Crippen molar-refractivity contribution in [1.29, 1.82) is 0 Å².